The van der Waals surface area contributed by atoms with Crippen LogP contribution in [0.5, 0.6) is 11.5 Å². The summed E-state index contributed by atoms with van der Waals surface area (Å²) >= 11 is 0. The highest BCUT2D eigenvalue weighted by Gasteiger charge is 2.43. The maximum Gasteiger partial charge on any atom is 0.314 e. The van der Waals surface area contributed by atoms with Crippen LogP contribution in [0.2, 0.25) is 0 Å². The summed E-state index contributed by atoms with van der Waals surface area (Å²) in [4.78, 5) is 11.8. The van der Waals surface area contributed by atoms with Crippen LogP contribution in [0.4, 0.5) is 0 Å². The molecule has 0 saturated heterocycles. The van der Waals surface area contributed by atoms with Crippen molar-refractivity contribution in [3.8, 4) is 11.5 Å². The molecule has 114 valence electrons. The number of hydrogen-bond acceptors (Lipinski definition) is 3. The molecule has 1 aliphatic heterocycles. The second-order valence-electron chi connectivity index (χ2n) is 7.00. The number of carboxylic acid groups (broad SMARTS) is 1. The number of ether oxygens (including phenoxy) is 2. The van der Waals surface area contributed by atoms with E-state index in [4.69, 9.17) is 9.47 Å². The first-order valence-corrected chi connectivity index (χ1v) is 7.57. The van der Waals surface area contributed by atoms with Gasteiger partial charge in [0.05, 0.1) is 18.6 Å². The summed E-state index contributed by atoms with van der Waals surface area (Å²) in [6.07, 6.45) is 3.34. The zero-order chi connectivity index (χ0) is 15.1. The van der Waals surface area contributed by atoms with E-state index in [1.165, 1.54) is 0 Å². The Kier molecular flexibility index (Phi) is 3.34. The highest BCUT2D eigenvalue weighted by Crippen LogP contribution is 2.44. The van der Waals surface area contributed by atoms with Crippen molar-refractivity contribution < 1.29 is 19.4 Å². The quantitative estimate of drug-likeness (QED) is 0.907. The average Bonchev–Trinajstić information content (AvgIpc) is 2.89. The van der Waals surface area contributed by atoms with Crippen molar-refractivity contribution in [2.75, 3.05) is 13.2 Å². The van der Waals surface area contributed by atoms with E-state index >= 15 is 0 Å². The summed E-state index contributed by atoms with van der Waals surface area (Å²) in [5.74, 6) is 0.656. The van der Waals surface area contributed by atoms with E-state index in [2.05, 4.69) is 13.8 Å². The smallest absolute Gasteiger partial charge is 0.314 e. The van der Waals surface area contributed by atoms with Crippen LogP contribution in [-0.4, -0.2) is 24.3 Å². The summed E-state index contributed by atoms with van der Waals surface area (Å²) in [6, 6.07) is 5.62. The molecule has 21 heavy (non-hydrogen) atoms. The van der Waals surface area contributed by atoms with Crippen LogP contribution >= 0.6 is 0 Å². The van der Waals surface area contributed by atoms with Gasteiger partial charge in [-0.2, -0.15) is 0 Å². The molecule has 0 amide bonds. The molecule has 0 bridgehead atoms. The molecule has 1 aliphatic carbocycles. The first-order valence-electron chi connectivity index (χ1n) is 7.57. The van der Waals surface area contributed by atoms with Crippen molar-refractivity contribution in [2.45, 2.75) is 44.9 Å². The minimum absolute atomic E-state index is 0.0446. The van der Waals surface area contributed by atoms with Gasteiger partial charge in [-0.25, -0.2) is 0 Å². The predicted molar refractivity (Wildman–Crippen MR) is 79.0 cm³/mol. The lowest BCUT2D eigenvalue weighted by Gasteiger charge is -2.25. The van der Waals surface area contributed by atoms with Gasteiger partial charge in [0.25, 0.3) is 0 Å². The minimum Gasteiger partial charge on any atom is -0.489 e. The Morgan fingerprint density at radius 3 is 2.33 bits per heavy atom. The molecule has 1 fully saturated rings. The second kappa shape index (κ2) is 4.93. The lowest BCUT2D eigenvalue weighted by molar-refractivity contribution is -0.143. The molecule has 3 rings (SSSR count). The van der Waals surface area contributed by atoms with Crippen LogP contribution in [0.1, 0.15) is 45.1 Å². The van der Waals surface area contributed by atoms with Gasteiger partial charge in [-0.15, -0.1) is 0 Å². The predicted octanol–water partition coefficient (Wildman–Crippen LogP) is 3.38. The monoisotopic (exact) mass is 290 g/mol. The van der Waals surface area contributed by atoms with Crippen LogP contribution in [-0.2, 0) is 10.2 Å². The molecular formula is C17H22O4. The van der Waals surface area contributed by atoms with E-state index in [1.807, 2.05) is 18.2 Å². The van der Waals surface area contributed by atoms with Crippen molar-refractivity contribution in [3.05, 3.63) is 23.8 Å². The first kappa shape index (κ1) is 14.2. The van der Waals surface area contributed by atoms with Gasteiger partial charge in [0.2, 0.25) is 0 Å². The van der Waals surface area contributed by atoms with Gasteiger partial charge in [-0.1, -0.05) is 32.8 Å². The standard InChI is InChI=1S/C17H22O4/c1-16(2)10-20-13-6-5-12(9-14(13)21-11-16)17(15(18)19)7-3-4-8-17/h5-6,9H,3-4,7-8,10-11H2,1-2H3,(H,18,19). The Balaban J connectivity index is 1.97. The minimum atomic E-state index is -0.750. The van der Waals surface area contributed by atoms with Gasteiger partial charge < -0.3 is 14.6 Å². The number of carboxylic acids is 1. The normalized spacial score (nSPS) is 22.6. The Bertz CT molecular complexity index is 556. The third-order valence-corrected chi connectivity index (χ3v) is 4.60. The lowest BCUT2D eigenvalue weighted by Crippen LogP contribution is -2.32. The molecule has 2 aliphatic rings. The maximum atomic E-state index is 11.8. The molecular weight excluding hydrogens is 268 g/mol. The van der Waals surface area contributed by atoms with Gasteiger partial charge >= 0.3 is 5.97 Å². The fourth-order valence-corrected chi connectivity index (χ4v) is 3.23. The topological polar surface area (TPSA) is 55.8 Å². The van der Waals surface area contributed by atoms with E-state index in [9.17, 15) is 9.90 Å². The number of fused-ring (bicyclic) bond motifs is 1. The van der Waals surface area contributed by atoms with Crippen molar-refractivity contribution >= 4 is 5.97 Å². The van der Waals surface area contributed by atoms with Gasteiger partial charge in [-0.3, -0.25) is 4.79 Å². The van der Waals surface area contributed by atoms with Gasteiger partial charge in [0.1, 0.15) is 0 Å². The number of rotatable bonds is 2. The lowest BCUT2D eigenvalue weighted by atomic mass is 9.79. The summed E-state index contributed by atoms with van der Waals surface area (Å²) in [6.45, 7) is 5.36. The fraction of sp³-hybridized carbons (Fsp3) is 0.588. The van der Waals surface area contributed by atoms with Crippen molar-refractivity contribution in [3.63, 3.8) is 0 Å². The summed E-state index contributed by atoms with van der Waals surface area (Å²) in [7, 11) is 0. The van der Waals surface area contributed by atoms with Crippen LogP contribution in [0.25, 0.3) is 0 Å². The molecule has 1 saturated carbocycles. The van der Waals surface area contributed by atoms with E-state index in [0.717, 1.165) is 18.4 Å². The number of aliphatic carboxylic acids is 1. The molecule has 1 aromatic carbocycles. The van der Waals surface area contributed by atoms with Crippen LogP contribution in [0.3, 0.4) is 0 Å². The number of carbonyl (C=O) groups is 1. The molecule has 4 nitrogen and oxygen atoms in total. The van der Waals surface area contributed by atoms with Gasteiger partial charge in [0, 0.05) is 5.41 Å². The molecule has 0 unspecified atom stereocenters. The van der Waals surface area contributed by atoms with Crippen LogP contribution < -0.4 is 9.47 Å². The van der Waals surface area contributed by atoms with Gasteiger partial charge in [0.15, 0.2) is 11.5 Å². The zero-order valence-corrected chi connectivity index (χ0v) is 12.6. The number of hydrogen-bond donors (Lipinski definition) is 1. The third kappa shape index (κ3) is 2.47. The molecule has 0 atom stereocenters. The molecule has 0 spiro atoms. The first-order chi connectivity index (χ1) is 9.93. The van der Waals surface area contributed by atoms with Gasteiger partial charge in [-0.05, 0) is 30.5 Å². The summed E-state index contributed by atoms with van der Waals surface area (Å²) < 4.78 is 11.7. The van der Waals surface area contributed by atoms with Crippen molar-refractivity contribution in [2.24, 2.45) is 5.41 Å². The molecule has 0 aromatic heterocycles. The maximum absolute atomic E-state index is 11.8. The highest BCUT2D eigenvalue weighted by atomic mass is 16.5. The highest BCUT2D eigenvalue weighted by molar-refractivity contribution is 5.82. The zero-order valence-electron chi connectivity index (χ0n) is 12.6. The second-order valence-corrected chi connectivity index (χ2v) is 7.00. The molecule has 4 heteroatoms. The Labute approximate surface area is 125 Å². The average molecular weight is 290 g/mol. The summed E-state index contributed by atoms with van der Waals surface area (Å²) in [5.41, 5.74) is 0.0478. The van der Waals surface area contributed by atoms with E-state index in [1.54, 1.807) is 0 Å². The SMILES string of the molecule is CC1(C)COc2ccc(C3(C(=O)O)CCCC3)cc2OC1. The number of benzene rings is 1. The van der Waals surface area contributed by atoms with Crippen molar-refractivity contribution in [1.29, 1.82) is 0 Å². The van der Waals surface area contributed by atoms with E-state index in [0.29, 0.717) is 37.6 Å². The van der Waals surface area contributed by atoms with Crippen molar-refractivity contribution in [1.82, 2.24) is 0 Å². The third-order valence-electron chi connectivity index (χ3n) is 4.60. The van der Waals surface area contributed by atoms with E-state index < -0.39 is 11.4 Å². The summed E-state index contributed by atoms with van der Waals surface area (Å²) in [5, 5.41) is 9.69. The Morgan fingerprint density at radius 2 is 1.71 bits per heavy atom. The van der Waals surface area contributed by atoms with Crippen LogP contribution in [0, 0.1) is 5.41 Å². The largest absolute Gasteiger partial charge is 0.489 e. The molecule has 1 heterocycles. The fourth-order valence-electron chi connectivity index (χ4n) is 3.23. The Morgan fingerprint density at radius 1 is 1.10 bits per heavy atom. The Hall–Kier alpha value is -1.71. The van der Waals surface area contributed by atoms with E-state index in [-0.39, 0.29) is 5.41 Å². The van der Waals surface area contributed by atoms with Crippen LogP contribution in [0.15, 0.2) is 18.2 Å². The molecule has 1 N–H and O–H groups in total. The molecule has 1 aromatic rings. The molecule has 0 radical (unpaired) electrons.